The molecule has 1 atom stereocenters. The quantitative estimate of drug-likeness (QED) is 0.688. The number of imidazole rings is 1. The summed E-state index contributed by atoms with van der Waals surface area (Å²) in [6, 6.07) is 15.7. The minimum atomic E-state index is -0.00307. The first-order valence-electron chi connectivity index (χ1n) is 9.41. The van der Waals surface area contributed by atoms with Gasteiger partial charge in [0.1, 0.15) is 11.6 Å². The highest BCUT2D eigenvalue weighted by atomic mass is 16.5. The van der Waals surface area contributed by atoms with Gasteiger partial charge in [-0.3, -0.25) is 4.79 Å². The molecule has 5 nitrogen and oxygen atoms in total. The third-order valence-corrected chi connectivity index (χ3v) is 4.88. The van der Waals surface area contributed by atoms with Crippen LogP contribution in [0.5, 0.6) is 5.75 Å². The highest BCUT2D eigenvalue weighted by Crippen LogP contribution is 2.31. The molecule has 27 heavy (non-hydrogen) atoms. The molecule has 2 aromatic carbocycles. The number of rotatable bonds is 5. The molecule has 5 heteroatoms. The first-order chi connectivity index (χ1) is 13.3. The Morgan fingerprint density at radius 2 is 2.07 bits per heavy atom. The van der Waals surface area contributed by atoms with E-state index >= 15 is 0 Å². The van der Waals surface area contributed by atoms with Gasteiger partial charge in [-0.2, -0.15) is 0 Å². The molecule has 0 aliphatic carbocycles. The third-order valence-electron chi connectivity index (χ3n) is 4.88. The summed E-state index contributed by atoms with van der Waals surface area (Å²) in [5.74, 6) is 1.66. The molecule has 1 aliphatic rings. The van der Waals surface area contributed by atoms with Gasteiger partial charge in [-0.15, -0.1) is 0 Å². The largest absolute Gasteiger partial charge is 0.493 e. The lowest BCUT2D eigenvalue weighted by Gasteiger charge is -2.21. The average Bonchev–Trinajstić information content (AvgIpc) is 3.34. The van der Waals surface area contributed by atoms with E-state index in [1.165, 1.54) is 0 Å². The first kappa shape index (κ1) is 17.3. The molecule has 0 radical (unpaired) electrons. The van der Waals surface area contributed by atoms with Gasteiger partial charge in [0, 0.05) is 18.2 Å². The van der Waals surface area contributed by atoms with Crippen LogP contribution in [-0.4, -0.2) is 33.9 Å². The number of para-hydroxylation sites is 3. The zero-order chi connectivity index (χ0) is 18.6. The summed E-state index contributed by atoms with van der Waals surface area (Å²) in [7, 11) is 0. The zero-order valence-electron chi connectivity index (χ0n) is 15.4. The molecular formula is C22H23N3O2. The number of carbonyl (C=O) groups is 1. The van der Waals surface area contributed by atoms with Crippen molar-refractivity contribution in [3.8, 4) is 5.75 Å². The van der Waals surface area contributed by atoms with Gasteiger partial charge in [0.25, 0.3) is 0 Å². The molecule has 0 saturated carbocycles. The molecule has 2 heterocycles. The zero-order valence-corrected chi connectivity index (χ0v) is 15.4. The molecule has 1 aliphatic heterocycles. The van der Waals surface area contributed by atoms with E-state index < -0.39 is 0 Å². The van der Waals surface area contributed by atoms with E-state index in [1.807, 2.05) is 66.4 Å². The summed E-state index contributed by atoms with van der Waals surface area (Å²) >= 11 is 0. The second-order valence-electron chi connectivity index (χ2n) is 6.63. The second kappa shape index (κ2) is 7.66. The van der Waals surface area contributed by atoms with E-state index in [4.69, 9.17) is 9.72 Å². The van der Waals surface area contributed by atoms with Crippen LogP contribution in [-0.2, 0) is 4.79 Å². The summed E-state index contributed by atoms with van der Waals surface area (Å²) in [6.07, 6.45) is 5.38. The summed E-state index contributed by atoms with van der Waals surface area (Å²) < 4.78 is 5.63. The second-order valence-corrected chi connectivity index (χ2v) is 6.63. The maximum atomic E-state index is 12.8. The summed E-state index contributed by atoms with van der Waals surface area (Å²) in [6.45, 7) is 3.30. The average molecular weight is 361 g/mol. The minimum absolute atomic E-state index is 0.00307. The molecule has 0 bridgehead atoms. The molecule has 1 saturated heterocycles. The van der Waals surface area contributed by atoms with Crippen LogP contribution in [0.2, 0.25) is 0 Å². The number of hydrogen-bond donors (Lipinski definition) is 1. The van der Waals surface area contributed by atoms with Gasteiger partial charge in [-0.05, 0) is 44.0 Å². The van der Waals surface area contributed by atoms with Crippen LogP contribution in [0, 0.1) is 0 Å². The van der Waals surface area contributed by atoms with Crippen molar-refractivity contribution in [3.05, 3.63) is 66.0 Å². The predicted octanol–water partition coefficient (Wildman–Crippen LogP) is 4.34. The number of carbonyl (C=O) groups excluding carboxylic acids is 1. The SMILES string of the molecule is CCOc1ccccc1C=CC(=O)N1CCCC1c1nc2ccccc2[nH]1. The van der Waals surface area contributed by atoms with Crippen LogP contribution >= 0.6 is 0 Å². The molecule has 1 amide bonds. The van der Waals surface area contributed by atoms with E-state index in [9.17, 15) is 4.79 Å². The van der Waals surface area contributed by atoms with Crippen LogP contribution < -0.4 is 4.74 Å². The molecule has 138 valence electrons. The van der Waals surface area contributed by atoms with Crippen LogP contribution in [0.25, 0.3) is 17.1 Å². The topological polar surface area (TPSA) is 58.2 Å². The molecule has 0 spiro atoms. The number of benzene rings is 2. The summed E-state index contributed by atoms with van der Waals surface area (Å²) in [4.78, 5) is 22.8. The molecule has 1 N–H and O–H groups in total. The molecule has 1 fully saturated rings. The van der Waals surface area contributed by atoms with E-state index in [-0.39, 0.29) is 11.9 Å². The van der Waals surface area contributed by atoms with Crippen molar-refractivity contribution in [1.29, 1.82) is 0 Å². The lowest BCUT2D eigenvalue weighted by atomic mass is 10.1. The predicted molar refractivity (Wildman–Crippen MR) is 106 cm³/mol. The number of fused-ring (bicyclic) bond motifs is 1. The van der Waals surface area contributed by atoms with Gasteiger partial charge in [0.2, 0.25) is 5.91 Å². The normalized spacial score (nSPS) is 17.1. The molecule has 1 unspecified atom stereocenters. The monoisotopic (exact) mass is 361 g/mol. The lowest BCUT2D eigenvalue weighted by molar-refractivity contribution is -0.126. The van der Waals surface area contributed by atoms with Gasteiger partial charge < -0.3 is 14.6 Å². The van der Waals surface area contributed by atoms with Crippen molar-refractivity contribution < 1.29 is 9.53 Å². The molecule has 1 aromatic heterocycles. The van der Waals surface area contributed by atoms with Crippen molar-refractivity contribution in [2.45, 2.75) is 25.8 Å². The minimum Gasteiger partial charge on any atom is -0.493 e. The highest BCUT2D eigenvalue weighted by Gasteiger charge is 2.31. The van der Waals surface area contributed by atoms with E-state index in [0.717, 1.165) is 47.6 Å². The van der Waals surface area contributed by atoms with Gasteiger partial charge in [-0.1, -0.05) is 30.3 Å². The van der Waals surface area contributed by atoms with Crippen LogP contribution in [0.1, 0.15) is 37.2 Å². The number of aromatic nitrogens is 2. The Morgan fingerprint density at radius 1 is 1.26 bits per heavy atom. The maximum absolute atomic E-state index is 12.8. The Morgan fingerprint density at radius 3 is 2.93 bits per heavy atom. The standard InChI is InChI=1S/C22H23N3O2/c1-2-27-20-12-6-3-8-16(20)13-14-21(26)25-15-7-11-19(25)22-23-17-9-4-5-10-18(17)24-22/h3-6,8-10,12-14,19H,2,7,11,15H2,1H3,(H,23,24). The number of amides is 1. The van der Waals surface area contributed by atoms with Crippen LogP contribution in [0.3, 0.4) is 0 Å². The van der Waals surface area contributed by atoms with Crippen molar-refractivity contribution in [3.63, 3.8) is 0 Å². The van der Waals surface area contributed by atoms with Crippen molar-refractivity contribution >= 4 is 23.0 Å². The smallest absolute Gasteiger partial charge is 0.247 e. The number of hydrogen-bond acceptors (Lipinski definition) is 3. The van der Waals surface area contributed by atoms with E-state index in [0.29, 0.717) is 6.61 Å². The number of aromatic amines is 1. The Bertz CT molecular complexity index is 943. The Labute approximate surface area is 158 Å². The molecule has 3 aromatic rings. The number of nitrogens with one attached hydrogen (secondary N) is 1. The Hall–Kier alpha value is -3.08. The fourth-order valence-electron chi connectivity index (χ4n) is 3.61. The maximum Gasteiger partial charge on any atom is 0.247 e. The third kappa shape index (κ3) is 3.58. The van der Waals surface area contributed by atoms with Gasteiger partial charge >= 0.3 is 0 Å². The lowest BCUT2D eigenvalue weighted by Crippen LogP contribution is -2.29. The number of ether oxygens (including phenoxy) is 1. The Balaban J connectivity index is 1.54. The molecule has 4 rings (SSSR count). The Kier molecular flexibility index (Phi) is 4.92. The highest BCUT2D eigenvalue weighted by molar-refractivity contribution is 5.92. The number of nitrogens with zero attached hydrogens (tertiary/aromatic N) is 2. The number of H-pyrrole nitrogens is 1. The fourth-order valence-corrected chi connectivity index (χ4v) is 3.61. The summed E-state index contributed by atoms with van der Waals surface area (Å²) in [5.41, 5.74) is 2.85. The first-order valence-corrected chi connectivity index (χ1v) is 9.41. The van der Waals surface area contributed by atoms with E-state index in [2.05, 4.69) is 4.98 Å². The number of likely N-dealkylation sites (tertiary alicyclic amines) is 1. The van der Waals surface area contributed by atoms with Crippen molar-refractivity contribution in [2.24, 2.45) is 0 Å². The summed E-state index contributed by atoms with van der Waals surface area (Å²) in [5, 5.41) is 0. The van der Waals surface area contributed by atoms with Crippen molar-refractivity contribution in [1.82, 2.24) is 14.9 Å². The van der Waals surface area contributed by atoms with Crippen LogP contribution in [0.15, 0.2) is 54.6 Å². The molecular weight excluding hydrogens is 338 g/mol. The fraction of sp³-hybridized carbons (Fsp3) is 0.273. The van der Waals surface area contributed by atoms with Gasteiger partial charge in [0.05, 0.1) is 23.7 Å². The van der Waals surface area contributed by atoms with E-state index in [1.54, 1.807) is 6.08 Å². The van der Waals surface area contributed by atoms with Crippen LogP contribution in [0.4, 0.5) is 0 Å². The van der Waals surface area contributed by atoms with Gasteiger partial charge in [-0.25, -0.2) is 4.98 Å². The van der Waals surface area contributed by atoms with Gasteiger partial charge in [0.15, 0.2) is 0 Å². The van der Waals surface area contributed by atoms with Crippen molar-refractivity contribution in [2.75, 3.05) is 13.2 Å².